The van der Waals surface area contributed by atoms with Crippen LogP contribution in [0.15, 0.2) is 76.2 Å². The van der Waals surface area contributed by atoms with E-state index in [-0.39, 0.29) is 18.3 Å². The molecule has 1 aromatic heterocycles. The lowest BCUT2D eigenvalue weighted by atomic mass is 9.95. The van der Waals surface area contributed by atoms with Crippen LogP contribution in [-0.4, -0.2) is 36.5 Å². The Bertz CT molecular complexity index is 1620. The molecule has 0 saturated heterocycles. The molecule has 1 aliphatic heterocycles. The van der Waals surface area contributed by atoms with E-state index in [1.807, 2.05) is 63.2 Å². The fourth-order valence-electron chi connectivity index (χ4n) is 4.46. The normalized spacial score (nSPS) is 14.9. The predicted molar refractivity (Wildman–Crippen MR) is 156 cm³/mol. The van der Waals surface area contributed by atoms with Gasteiger partial charge in [0.1, 0.15) is 18.4 Å². The zero-order chi connectivity index (χ0) is 28.8. The molecule has 4 rings (SSSR count). The van der Waals surface area contributed by atoms with Crippen LogP contribution in [-0.2, 0) is 9.53 Å². The second-order valence-corrected chi connectivity index (χ2v) is 10.3. The number of fused-ring (bicyclic) bond motifs is 1. The van der Waals surface area contributed by atoms with Crippen molar-refractivity contribution in [3.8, 4) is 17.2 Å². The molecule has 1 aliphatic rings. The minimum atomic E-state index is -0.763. The Morgan fingerprint density at radius 1 is 1.10 bits per heavy atom. The van der Waals surface area contributed by atoms with Gasteiger partial charge in [-0.05, 0) is 64.5 Å². The Kier molecular flexibility index (Phi) is 9.26. The van der Waals surface area contributed by atoms with Gasteiger partial charge < -0.3 is 18.9 Å². The third-order valence-electron chi connectivity index (χ3n) is 6.02. The van der Waals surface area contributed by atoms with Crippen molar-refractivity contribution in [3.63, 3.8) is 0 Å². The monoisotopic (exact) mass is 562 g/mol. The number of nitrogens with zero attached hydrogens (tertiary/aromatic N) is 2. The van der Waals surface area contributed by atoms with E-state index in [0.717, 1.165) is 5.56 Å². The van der Waals surface area contributed by atoms with Gasteiger partial charge in [0, 0.05) is 5.56 Å². The van der Waals surface area contributed by atoms with Gasteiger partial charge in [-0.25, -0.2) is 9.79 Å². The first-order valence-corrected chi connectivity index (χ1v) is 14.1. The van der Waals surface area contributed by atoms with Crippen LogP contribution in [0.4, 0.5) is 0 Å². The molecule has 0 radical (unpaired) electrons. The van der Waals surface area contributed by atoms with Gasteiger partial charge in [-0.3, -0.25) is 9.36 Å². The number of hydrogen-bond donors (Lipinski definition) is 0. The number of aromatic nitrogens is 1. The Balaban J connectivity index is 1.91. The van der Waals surface area contributed by atoms with Crippen LogP contribution in [0, 0.1) is 0 Å². The number of carbonyl (C=O) groups excluding carboxylic acids is 1. The molecule has 0 N–H and O–H groups in total. The van der Waals surface area contributed by atoms with Crippen LogP contribution >= 0.6 is 11.3 Å². The zero-order valence-corrected chi connectivity index (χ0v) is 24.2. The standard InChI is InChI=1S/C31H34N2O6S/c1-7-16-38-24-15-14-21(17-25(24)36-8-2)18-26-29(34)33-28(22-12-10-11-13-23(22)39-19(4)5)27(30(35)37-9-3)20(6)32-31(33)40-26/h7,10-15,17-19,28H,1,8-9,16H2,2-6H3/b26-18+/t28-/m1/s1. The number of esters is 1. The molecule has 2 heterocycles. The van der Waals surface area contributed by atoms with E-state index < -0.39 is 12.0 Å². The van der Waals surface area contributed by atoms with Gasteiger partial charge in [-0.15, -0.1) is 0 Å². The SMILES string of the molecule is C=CCOc1ccc(/C=c2/sc3n(c2=O)[C@H](c2ccccc2OC(C)C)C(C(=O)OCC)=C(C)N=3)cc1OCC. The van der Waals surface area contributed by atoms with Crippen LogP contribution in [0.25, 0.3) is 6.08 Å². The molecule has 0 unspecified atom stereocenters. The zero-order valence-electron chi connectivity index (χ0n) is 23.4. The molecule has 0 aliphatic carbocycles. The number of hydrogen-bond acceptors (Lipinski definition) is 8. The number of benzene rings is 2. The molecular formula is C31H34N2O6S. The smallest absolute Gasteiger partial charge is 0.338 e. The quantitative estimate of drug-likeness (QED) is 0.252. The fraction of sp³-hybridized carbons (Fsp3) is 0.323. The van der Waals surface area contributed by atoms with Crippen molar-refractivity contribution in [3.05, 3.63) is 97.2 Å². The maximum absolute atomic E-state index is 14.0. The maximum atomic E-state index is 14.0. The number of allylic oxidation sites excluding steroid dienone is 1. The Morgan fingerprint density at radius 2 is 1.88 bits per heavy atom. The molecule has 8 nitrogen and oxygen atoms in total. The number of thiazole rings is 1. The number of ether oxygens (including phenoxy) is 4. The van der Waals surface area contributed by atoms with Crippen LogP contribution in [0.1, 0.15) is 51.8 Å². The van der Waals surface area contributed by atoms with Crippen LogP contribution in [0.5, 0.6) is 17.2 Å². The largest absolute Gasteiger partial charge is 0.491 e. The minimum absolute atomic E-state index is 0.105. The fourth-order valence-corrected chi connectivity index (χ4v) is 5.50. The molecule has 0 spiro atoms. The summed E-state index contributed by atoms with van der Waals surface area (Å²) in [6, 6.07) is 12.2. The Labute approximate surface area is 237 Å². The molecule has 0 amide bonds. The van der Waals surface area contributed by atoms with E-state index in [1.165, 1.54) is 11.3 Å². The highest BCUT2D eigenvalue weighted by Gasteiger charge is 2.35. The Hall–Kier alpha value is -4.11. The summed E-state index contributed by atoms with van der Waals surface area (Å²) in [6.45, 7) is 14.0. The van der Waals surface area contributed by atoms with Crippen molar-refractivity contribution in [2.24, 2.45) is 4.99 Å². The highest BCUT2D eigenvalue weighted by Crippen LogP contribution is 2.36. The van der Waals surface area contributed by atoms with Gasteiger partial charge >= 0.3 is 5.97 Å². The lowest BCUT2D eigenvalue weighted by Crippen LogP contribution is -2.40. The first-order valence-electron chi connectivity index (χ1n) is 13.2. The third-order valence-corrected chi connectivity index (χ3v) is 7.00. The van der Waals surface area contributed by atoms with Gasteiger partial charge in [0.15, 0.2) is 16.3 Å². The summed E-state index contributed by atoms with van der Waals surface area (Å²) in [5, 5.41) is 0. The van der Waals surface area contributed by atoms with Gasteiger partial charge in [-0.1, -0.05) is 48.3 Å². The Morgan fingerprint density at radius 3 is 2.58 bits per heavy atom. The molecule has 9 heteroatoms. The highest BCUT2D eigenvalue weighted by atomic mass is 32.1. The summed E-state index contributed by atoms with van der Waals surface area (Å²) in [6.07, 6.45) is 3.35. The molecule has 2 aromatic carbocycles. The maximum Gasteiger partial charge on any atom is 0.338 e. The average Bonchev–Trinajstić information content (AvgIpc) is 3.22. The first kappa shape index (κ1) is 28.9. The lowest BCUT2D eigenvalue weighted by Gasteiger charge is -2.26. The summed E-state index contributed by atoms with van der Waals surface area (Å²) in [4.78, 5) is 32.4. The lowest BCUT2D eigenvalue weighted by molar-refractivity contribution is -0.139. The first-order chi connectivity index (χ1) is 19.3. The molecule has 40 heavy (non-hydrogen) atoms. The number of carbonyl (C=O) groups is 1. The van der Waals surface area contributed by atoms with Crippen molar-refractivity contribution in [2.75, 3.05) is 19.8 Å². The molecule has 0 bridgehead atoms. The van der Waals surface area contributed by atoms with Crippen molar-refractivity contribution in [1.82, 2.24) is 4.57 Å². The molecule has 1 atom stereocenters. The van der Waals surface area contributed by atoms with Crippen molar-refractivity contribution < 1.29 is 23.7 Å². The molecule has 210 valence electrons. The van der Waals surface area contributed by atoms with Crippen molar-refractivity contribution in [2.45, 2.75) is 46.8 Å². The summed E-state index contributed by atoms with van der Waals surface area (Å²) >= 11 is 1.26. The summed E-state index contributed by atoms with van der Waals surface area (Å²) in [7, 11) is 0. The van der Waals surface area contributed by atoms with E-state index in [2.05, 4.69) is 11.6 Å². The van der Waals surface area contributed by atoms with Crippen LogP contribution < -0.4 is 29.1 Å². The number of rotatable bonds is 11. The summed E-state index contributed by atoms with van der Waals surface area (Å²) in [5.41, 5.74) is 1.98. The van der Waals surface area contributed by atoms with E-state index in [1.54, 1.807) is 30.6 Å². The summed E-state index contributed by atoms with van der Waals surface area (Å²) in [5.74, 6) is 1.24. The summed E-state index contributed by atoms with van der Waals surface area (Å²) < 4.78 is 25.0. The van der Waals surface area contributed by atoms with Gasteiger partial charge in [0.2, 0.25) is 0 Å². The molecular weight excluding hydrogens is 528 g/mol. The molecule has 0 saturated carbocycles. The van der Waals surface area contributed by atoms with Crippen molar-refractivity contribution >= 4 is 23.4 Å². The molecule has 0 fully saturated rings. The average molecular weight is 563 g/mol. The van der Waals surface area contributed by atoms with E-state index in [0.29, 0.717) is 56.6 Å². The minimum Gasteiger partial charge on any atom is -0.491 e. The number of para-hydroxylation sites is 1. The van der Waals surface area contributed by atoms with Gasteiger partial charge in [0.25, 0.3) is 5.56 Å². The molecule has 3 aromatic rings. The second kappa shape index (κ2) is 12.8. The van der Waals surface area contributed by atoms with E-state index in [4.69, 9.17) is 18.9 Å². The van der Waals surface area contributed by atoms with E-state index >= 15 is 0 Å². The van der Waals surface area contributed by atoms with E-state index in [9.17, 15) is 9.59 Å². The topological polar surface area (TPSA) is 88.4 Å². The van der Waals surface area contributed by atoms with Crippen molar-refractivity contribution in [1.29, 1.82) is 0 Å². The van der Waals surface area contributed by atoms with Crippen LogP contribution in [0.3, 0.4) is 0 Å². The van der Waals surface area contributed by atoms with Gasteiger partial charge in [0.05, 0.1) is 35.1 Å². The highest BCUT2D eigenvalue weighted by molar-refractivity contribution is 7.07. The van der Waals surface area contributed by atoms with Gasteiger partial charge in [-0.2, -0.15) is 0 Å². The third kappa shape index (κ3) is 6.04. The van der Waals surface area contributed by atoms with Crippen LogP contribution in [0.2, 0.25) is 0 Å². The second-order valence-electron chi connectivity index (χ2n) is 9.25. The predicted octanol–water partition coefficient (Wildman–Crippen LogP) is 4.55.